The molecule has 1 aromatic rings. The third kappa shape index (κ3) is 3.21. The van der Waals surface area contributed by atoms with Gasteiger partial charge in [-0.15, -0.1) is 0 Å². The first kappa shape index (κ1) is 16.6. The van der Waals surface area contributed by atoms with Gasteiger partial charge in [-0.1, -0.05) is 26.0 Å². The summed E-state index contributed by atoms with van der Waals surface area (Å²) in [5.41, 5.74) is 0.355. The Bertz CT molecular complexity index is 508. The SMILES string of the molecule is CCC(CC)(C(=O)Cc1cccc(F)c1Br)N1CCCC1. The van der Waals surface area contributed by atoms with Crippen molar-refractivity contribution < 1.29 is 9.18 Å². The first-order chi connectivity index (χ1) is 10.0. The zero-order valence-electron chi connectivity index (χ0n) is 12.8. The molecule has 1 aliphatic rings. The number of ketones is 1. The van der Waals surface area contributed by atoms with Gasteiger partial charge in [0.1, 0.15) is 5.82 Å². The average molecular weight is 356 g/mol. The lowest BCUT2D eigenvalue weighted by molar-refractivity contribution is -0.130. The quantitative estimate of drug-likeness (QED) is 0.755. The van der Waals surface area contributed by atoms with Crippen LogP contribution in [0.25, 0.3) is 0 Å². The average Bonchev–Trinajstić information content (AvgIpc) is 3.00. The van der Waals surface area contributed by atoms with E-state index in [1.165, 1.54) is 18.9 Å². The summed E-state index contributed by atoms with van der Waals surface area (Å²) < 4.78 is 14.0. The van der Waals surface area contributed by atoms with Gasteiger partial charge in [-0.25, -0.2) is 4.39 Å². The highest BCUT2D eigenvalue weighted by molar-refractivity contribution is 9.10. The standard InChI is InChI=1S/C17H23BrFNO/c1-3-17(4-2,20-10-5-6-11-20)15(21)12-13-8-7-9-14(19)16(13)18/h7-9H,3-6,10-12H2,1-2H3. The number of nitrogens with zero attached hydrogens (tertiary/aromatic N) is 1. The Labute approximate surface area is 134 Å². The normalized spacial score (nSPS) is 16.4. The zero-order valence-corrected chi connectivity index (χ0v) is 14.4. The summed E-state index contributed by atoms with van der Waals surface area (Å²) in [5, 5.41) is 0. The molecule has 2 nitrogen and oxygen atoms in total. The molecule has 4 heteroatoms. The van der Waals surface area contributed by atoms with Gasteiger partial charge in [0, 0.05) is 6.42 Å². The summed E-state index contributed by atoms with van der Waals surface area (Å²) in [5.74, 6) is -0.0965. The molecule has 0 amide bonds. The Kier molecular flexibility index (Phi) is 5.55. The van der Waals surface area contributed by atoms with Gasteiger partial charge >= 0.3 is 0 Å². The van der Waals surface area contributed by atoms with Crippen LogP contribution in [-0.4, -0.2) is 29.3 Å². The summed E-state index contributed by atoms with van der Waals surface area (Å²) in [6.07, 6.45) is 4.25. The molecule has 1 heterocycles. The lowest BCUT2D eigenvalue weighted by Gasteiger charge is -2.39. The fraction of sp³-hybridized carbons (Fsp3) is 0.588. The minimum absolute atomic E-state index is 0.209. The van der Waals surface area contributed by atoms with Crippen LogP contribution >= 0.6 is 15.9 Å². The molecule has 0 spiro atoms. The van der Waals surface area contributed by atoms with E-state index in [0.29, 0.717) is 4.47 Å². The number of carbonyl (C=O) groups is 1. The van der Waals surface area contributed by atoms with Crippen molar-refractivity contribution in [1.82, 2.24) is 4.90 Å². The van der Waals surface area contributed by atoms with Crippen LogP contribution in [0, 0.1) is 5.82 Å². The fourth-order valence-electron chi connectivity index (χ4n) is 3.44. The van der Waals surface area contributed by atoms with Crippen LogP contribution in [0.15, 0.2) is 22.7 Å². The molecule has 0 atom stereocenters. The van der Waals surface area contributed by atoms with Crippen molar-refractivity contribution in [2.75, 3.05) is 13.1 Å². The Morgan fingerprint density at radius 3 is 2.48 bits per heavy atom. The molecule has 1 aromatic carbocycles. The van der Waals surface area contributed by atoms with Crippen molar-refractivity contribution in [2.24, 2.45) is 0 Å². The van der Waals surface area contributed by atoms with E-state index in [9.17, 15) is 9.18 Å². The fourth-order valence-corrected chi connectivity index (χ4v) is 3.84. The van der Waals surface area contributed by atoms with Crippen molar-refractivity contribution in [2.45, 2.75) is 51.5 Å². The van der Waals surface area contributed by atoms with Gasteiger partial charge < -0.3 is 0 Å². The largest absolute Gasteiger partial charge is 0.297 e. The van der Waals surface area contributed by atoms with Crippen LogP contribution in [0.5, 0.6) is 0 Å². The predicted octanol–water partition coefficient (Wildman–Crippen LogP) is 4.35. The van der Waals surface area contributed by atoms with Gasteiger partial charge in [-0.2, -0.15) is 0 Å². The number of hydrogen-bond acceptors (Lipinski definition) is 2. The summed E-state index contributed by atoms with van der Waals surface area (Å²) in [7, 11) is 0. The molecule has 0 saturated carbocycles. The lowest BCUT2D eigenvalue weighted by Crippen LogP contribution is -2.53. The van der Waals surface area contributed by atoms with E-state index in [2.05, 4.69) is 34.7 Å². The number of rotatable bonds is 6. The van der Waals surface area contributed by atoms with Crippen molar-refractivity contribution in [1.29, 1.82) is 0 Å². The number of carbonyl (C=O) groups excluding carboxylic acids is 1. The van der Waals surface area contributed by atoms with Crippen LogP contribution in [0.2, 0.25) is 0 Å². The monoisotopic (exact) mass is 355 g/mol. The van der Waals surface area contributed by atoms with E-state index >= 15 is 0 Å². The van der Waals surface area contributed by atoms with Crippen LogP contribution in [-0.2, 0) is 11.2 Å². The molecule has 0 N–H and O–H groups in total. The molecule has 0 aliphatic carbocycles. The molecule has 0 bridgehead atoms. The maximum atomic E-state index is 13.6. The van der Waals surface area contributed by atoms with Gasteiger partial charge in [0.2, 0.25) is 0 Å². The van der Waals surface area contributed by atoms with Crippen molar-refractivity contribution in [3.05, 3.63) is 34.1 Å². The smallest absolute Gasteiger partial charge is 0.157 e. The number of likely N-dealkylation sites (tertiary alicyclic amines) is 1. The van der Waals surface area contributed by atoms with E-state index in [0.717, 1.165) is 31.5 Å². The van der Waals surface area contributed by atoms with Gasteiger partial charge in [0.15, 0.2) is 5.78 Å². The number of halogens is 2. The highest BCUT2D eigenvalue weighted by atomic mass is 79.9. The van der Waals surface area contributed by atoms with Gasteiger partial charge in [-0.05, 0) is 66.3 Å². The highest BCUT2D eigenvalue weighted by Crippen LogP contribution is 2.31. The van der Waals surface area contributed by atoms with Crippen LogP contribution in [0.4, 0.5) is 4.39 Å². The van der Waals surface area contributed by atoms with Gasteiger partial charge in [0.05, 0.1) is 10.0 Å². The topological polar surface area (TPSA) is 20.3 Å². The van der Waals surface area contributed by atoms with Crippen molar-refractivity contribution in [3.63, 3.8) is 0 Å². The number of Topliss-reactive ketones (excluding diaryl/α,β-unsaturated/α-hetero) is 1. The second-order valence-corrected chi connectivity index (χ2v) is 6.54. The Morgan fingerprint density at radius 1 is 1.29 bits per heavy atom. The lowest BCUT2D eigenvalue weighted by atomic mass is 9.83. The molecule has 2 rings (SSSR count). The van der Waals surface area contributed by atoms with Gasteiger partial charge in [0.25, 0.3) is 0 Å². The summed E-state index contributed by atoms with van der Waals surface area (Å²) >= 11 is 3.26. The Morgan fingerprint density at radius 2 is 1.90 bits per heavy atom. The van der Waals surface area contributed by atoms with Crippen LogP contribution in [0.1, 0.15) is 45.1 Å². The number of hydrogen-bond donors (Lipinski definition) is 0. The van der Waals surface area contributed by atoms with E-state index in [1.54, 1.807) is 6.07 Å². The molecule has 0 radical (unpaired) electrons. The highest BCUT2D eigenvalue weighted by Gasteiger charge is 2.41. The summed E-state index contributed by atoms with van der Waals surface area (Å²) in [6.45, 7) is 6.16. The molecule has 0 aromatic heterocycles. The number of benzene rings is 1. The molecular weight excluding hydrogens is 333 g/mol. The molecule has 116 valence electrons. The van der Waals surface area contributed by atoms with Gasteiger partial charge in [-0.3, -0.25) is 9.69 Å². The first-order valence-corrected chi connectivity index (χ1v) is 8.55. The third-order valence-corrected chi connectivity index (χ3v) is 5.67. The molecule has 1 aliphatic heterocycles. The minimum Gasteiger partial charge on any atom is -0.297 e. The maximum Gasteiger partial charge on any atom is 0.157 e. The Hall–Kier alpha value is -0.740. The minimum atomic E-state index is -0.387. The molecular formula is C17H23BrFNO. The molecule has 0 unspecified atom stereocenters. The van der Waals surface area contributed by atoms with Crippen molar-refractivity contribution >= 4 is 21.7 Å². The van der Waals surface area contributed by atoms with Crippen LogP contribution < -0.4 is 0 Å². The predicted molar refractivity (Wildman–Crippen MR) is 86.9 cm³/mol. The Balaban J connectivity index is 2.24. The second-order valence-electron chi connectivity index (χ2n) is 5.75. The van der Waals surface area contributed by atoms with Crippen LogP contribution in [0.3, 0.4) is 0 Å². The van der Waals surface area contributed by atoms with E-state index < -0.39 is 0 Å². The first-order valence-electron chi connectivity index (χ1n) is 7.76. The molecule has 1 saturated heterocycles. The summed E-state index contributed by atoms with van der Waals surface area (Å²) in [6, 6.07) is 4.90. The van der Waals surface area contributed by atoms with E-state index in [-0.39, 0.29) is 23.6 Å². The van der Waals surface area contributed by atoms with E-state index in [1.807, 2.05) is 6.07 Å². The van der Waals surface area contributed by atoms with E-state index in [4.69, 9.17) is 0 Å². The second kappa shape index (κ2) is 7.01. The third-order valence-electron chi connectivity index (χ3n) is 4.78. The molecule has 21 heavy (non-hydrogen) atoms. The maximum absolute atomic E-state index is 13.6. The summed E-state index contributed by atoms with van der Waals surface area (Å²) in [4.78, 5) is 15.3. The molecule has 1 fully saturated rings. The van der Waals surface area contributed by atoms with Crippen molar-refractivity contribution in [3.8, 4) is 0 Å². The zero-order chi connectivity index (χ0) is 15.5.